The minimum atomic E-state index is -0.772. The number of carbonyl (C=O) groups is 2. The van der Waals surface area contributed by atoms with Gasteiger partial charge < -0.3 is 14.8 Å². The van der Waals surface area contributed by atoms with Crippen molar-refractivity contribution in [2.24, 2.45) is 0 Å². The third-order valence-electron chi connectivity index (χ3n) is 2.86. The number of ether oxygens (including phenoxy) is 2. The van der Waals surface area contributed by atoms with Crippen molar-refractivity contribution in [3.63, 3.8) is 0 Å². The molecule has 1 rings (SSSR count). The predicted octanol–water partition coefficient (Wildman–Crippen LogP) is 2.60. The minimum Gasteiger partial charge on any atom is -0.467 e. The maximum absolute atomic E-state index is 11.8. The molecule has 0 aliphatic heterocycles. The molecule has 0 radical (unpaired) electrons. The van der Waals surface area contributed by atoms with Gasteiger partial charge in [0.2, 0.25) is 0 Å². The molecule has 1 amide bonds. The Kier molecular flexibility index (Phi) is 5.76. The van der Waals surface area contributed by atoms with Gasteiger partial charge in [-0.1, -0.05) is 24.3 Å². The van der Waals surface area contributed by atoms with Gasteiger partial charge in [0.1, 0.15) is 11.6 Å². The summed E-state index contributed by atoms with van der Waals surface area (Å²) in [5.74, 6) is -0.496. The number of rotatable bonds is 4. The number of carbonyl (C=O) groups excluding carboxylic acids is 2. The van der Waals surface area contributed by atoms with Gasteiger partial charge in [-0.05, 0) is 38.8 Å². The van der Waals surface area contributed by atoms with Crippen molar-refractivity contribution in [3.8, 4) is 0 Å². The van der Waals surface area contributed by atoms with Crippen LogP contribution < -0.4 is 5.32 Å². The molecular weight excluding hydrogens is 270 g/mol. The molecule has 5 heteroatoms. The summed E-state index contributed by atoms with van der Waals surface area (Å²) < 4.78 is 9.92. The Balaban J connectivity index is 2.80. The van der Waals surface area contributed by atoms with E-state index in [-0.39, 0.29) is 0 Å². The van der Waals surface area contributed by atoms with Crippen LogP contribution in [0.5, 0.6) is 0 Å². The lowest BCUT2D eigenvalue weighted by molar-refractivity contribution is -0.143. The summed E-state index contributed by atoms with van der Waals surface area (Å²) in [6, 6.07) is 6.92. The van der Waals surface area contributed by atoms with Gasteiger partial charge in [0.15, 0.2) is 0 Å². The number of esters is 1. The first-order valence-corrected chi connectivity index (χ1v) is 6.85. The highest BCUT2D eigenvalue weighted by Gasteiger charge is 2.25. The Morgan fingerprint density at radius 1 is 1.24 bits per heavy atom. The van der Waals surface area contributed by atoms with E-state index in [0.717, 1.165) is 11.1 Å². The molecule has 0 aliphatic rings. The number of amides is 1. The Labute approximate surface area is 125 Å². The van der Waals surface area contributed by atoms with Crippen LogP contribution in [0.1, 0.15) is 31.9 Å². The minimum absolute atomic E-state index is 0.360. The molecule has 0 spiro atoms. The zero-order valence-electron chi connectivity index (χ0n) is 13.2. The van der Waals surface area contributed by atoms with Gasteiger partial charge in [-0.3, -0.25) is 0 Å². The van der Waals surface area contributed by atoms with Gasteiger partial charge in [0.05, 0.1) is 7.11 Å². The normalized spacial score (nSPS) is 12.4. The number of hydrogen-bond donors (Lipinski definition) is 1. The van der Waals surface area contributed by atoms with Crippen molar-refractivity contribution < 1.29 is 19.1 Å². The van der Waals surface area contributed by atoms with Crippen LogP contribution in [-0.2, 0) is 20.7 Å². The summed E-state index contributed by atoms with van der Waals surface area (Å²) in [5, 5.41) is 2.56. The third kappa shape index (κ3) is 5.85. The molecule has 116 valence electrons. The first kappa shape index (κ1) is 17.0. The fourth-order valence-electron chi connectivity index (χ4n) is 1.84. The maximum Gasteiger partial charge on any atom is 0.408 e. The smallest absolute Gasteiger partial charge is 0.408 e. The lowest BCUT2D eigenvalue weighted by atomic mass is 10.0. The van der Waals surface area contributed by atoms with Crippen LogP contribution in [0.2, 0.25) is 0 Å². The highest BCUT2D eigenvalue weighted by molar-refractivity contribution is 5.81. The molecule has 0 aliphatic carbocycles. The standard InChI is InChI=1S/C16H23NO4/c1-11-8-6-7-9-12(11)10-13(14(18)20-5)17-15(19)21-16(2,3)4/h6-9,13H,10H2,1-5H3,(H,17,19)/t13-/m0/s1. The predicted molar refractivity (Wildman–Crippen MR) is 80.1 cm³/mol. The first-order valence-electron chi connectivity index (χ1n) is 6.85. The molecule has 1 atom stereocenters. The summed E-state index contributed by atoms with van der Waals surface area (Å²) in [4.78, 5) is 23.7. The van der Waals surface area contributed by atoms with Crippen LogP contribution in [0.15, 0.2) is 24.3 Å². The topological polar surface area (TPSA) is 64.6 Å². The van der Waals surface area contributed by atoms with Gasteiger partial charge in [0.25, 0.3) is 0 Å². The number of methoxy groups -OCH3 is 1. The largest absolute Gasteiger partial charge is 0.467 e. The Bertz CT molecular complexity index is 505. The van der Waals surface area contributed by atoms with Gasteiger partial charge in [-0.25, -0.2) is 9.59 Å². The molecule has 5 nitrogen and oxygen atoms in total. The third-order valence-corrected chi connectivity index (χ3v) is 2.86. The van der Waals surface area contributed by atoms with E-state index < -0.39 is 23.7 Å². The van der Waals surface area contributed by atoms with E-state index in [1.165, 1.54) is 7.11 Å². The van der Waals surface area contributed by atoms with Crippen LogP contribution in [0.25, 0.3) is 0 Å². The van der Waals surface area contributed by atoms with Crippen LogP contribution in [0.4, 0.5) is 4.79 Å². The van der Waals surface area contributed by atoms with Crippen molar-refractivity contribution in [2.45, 2.75) is 45.8 Å². The molecule has 0 saturated carbocycles. The van der Waals surface area contributed by atoms with Gasteiger partial charge in [0, 0.05) is 6.42 Å². The van der Waals surface area contributed by atoms with Crippen LogP contribution >= 0.6 is 0 Å². The van der Waals surface area contributed by atoms with Crippen molar-refractivity contribution in [2.75, 3.05) is 7.11 Å². The van der Waals surface area contributed by atoms with Crippen LogP contribution in [0.3, 0.4) is 0 Å². The number of aryl methyl sites for hydroxylation is 1. The second-order valence-electron chi connectivity index (χ2n) is 5.85. The van der Waals surface area contributed by atoms with Crippen molar-refractivity contribution in [3.05, 3.63) is 35.4 Å². The van der Waals surface area contributed by atoms with Crippen molar-refractivity contribution in [1.29, 1.82) is 0 Å². The Morgan fingerprint density at radius 3 is 2.38 bits per heavy atom. The number of hydrogen-bond acceptors (Lipinski definition) is 4. The molecule has 0 bridgehead atoms. The summed E-state index contributed by atoms with van der Waals surface area (Å²) in [7, 11) is 1.30. The molecule has 1 aromatic carbocycles. The lowest BCUT2D eigenvalue weighted by Crippen LogP contribution is -2.45. The average molecular weight is 293 g/mol. The van der Waals surface area contributed by atoms with Crippen LogP contribution in [0, 0.1) is 6.92 Å². The van der Waals surface area contributed by atoms with Gasteiger partial charge in [-0.2, -0.15) is 0 Å². The molecule has 0 saturated heterocycles. The van der Waals surface area contributed by atoms with Crippen molar-refractivity contribution >= 4 is 12.1 Å². The molecule has 0 aromatic heterocycles. The maximum atomic E-state index is 11.8. The molecule has 0 fully saturated rings. The number of benzene rings is 1. The van der Waals surface area contributed by atoms with E-state index in [4.69, 9.17) is 9.47 Å². The molecule has 0 unspecified atom stereocenters. The molecular formula is C16H23NO4. The summed E-state index contributed by atoms with van der Waals surface area (Å²) in [6.45, 7) is 7.25. The van der Waals surface area contributed by atoms with E-state index in [0.29, 0.717) is 6.42 Å². The van der Waals surface area contributed by atoms with Gasteiger partial charge >= 0.3 is 12.1 Å². The second-order valence-corrected chi connectivity index (χ2v) is 5.85. The van der Waals surface area contributed by atoms with Gasteiger partial charge in [-0.15, -0.1) is 0 Å². The molecule has 1 N–H and O–H groups in total. The second kappa shape index (κ2) is 7.11. The summed E-state index contributed by atoms with van der Waals surface area (Å²) >= 11 is 0. The number of alkyl carbamates (subject to hydrolysis) is 1. The first-order chi connectivity index (χ1) is 9.73. The highest BCUT2D eigenvalue weighted by Crippen LogP contribution is 2.12. The molecule has 21 heavy (non-hydrogen) atoms. The quantitative estimate of drug-likeness (QED) is 0.867. The Hall–Kier alpha value is -2.04. The van der Waals surface area contributed by atoms with E-state index in [2.05, 4.69) is 5.32 Å². The highest BCUT2D eigenvalue weighted by atomic mass is 16.6. The van der Waals surface area contributed by atoms with Crippen LogP contribution in [-0.4, -0.2) is 30.8 Å². The zero-order chi connectivity index (χ0) is 16.0. The fourth-order valence-corrected chi connectivity index (χ4v) is 1.84. The Morgan fingerprint density at radius 2 is 1.86 bits per heavy atom. The number of nitrogens with one attached hydrogen (secondary N) is 1. The SMILES string of the molecule is COC(=O)[C@H](Cc1ccccc1C)NC(=O)OC(C)(C)C. The fraction of sp³-hybridized carbons (Fsp3) is 0.500. The molecule has 0 heterocycles. The average Bonchev–Trinajstić information content (AvgIpc) is 2.37. The monoisotopic (exact) mass is 293 g/mol. The summed E-state index contributed by atoms with van der Waals surface area (Å²) in [6.07, 6.45) is -0.273. The zero-order valence-corrected chi connectivity index (χ0v) is 13.2. The lowest BCUT2D eigenvalue weighted by Gasteiger charge is -2.23. The van der Waals surface area contributed by atoms with Crippen molar-refractivity contribution in [1.82, 2.24) is 5.32 Å². The van der Waals surface area contributed by atoms with E-state index >= 15 is 0 Å². The van der Waals surface area contributed by atoms with E-state index in [1.807, 2.05) is 31.2 Å². The van der Waals surface area contributed by atoms with E-state index in [1.54, 1.807) is 20.8 Å². The summed E-state index contributed by atoms with van der Waals surface area (Å²) in [5.41, 5.74) is 1.41. The van der Waals surface area contributed by atoms with E-state index in [9.17, 15) is 9.59 Å². The molecule has 1 aromatic rings.